The molecule has 3 aliphatic rings. The van der Waals surface area contributed by atoms with Crippen LogP contribution in [0, 0.1) is 11.3 Å². The second-order valence-corrected chi connectivity index (χ2v) is 6.00. The van der Waals surface area contributed by atoms with E-state index in [4.69, 9.17) is 24.7 Å². The monoisotopic (exact) mass is 340 g/mol. The molecule has 1 aromatic carbocycles. The quantitative estimate of drug-likeness (QED) is 0.880. The van der Waals surface area contributed by atoms with Crippen LogP contribution in [-0.2, 0) is 9.53 Å². The lowest BCUT2D eigenvalue weighted by molar-refractivity contribution is -0.116. The number of fused-ring (bicyclic) bond motifs is 1. The van der Waals surface area contributed by atoms with E-state index in [1.54, 1.807) is 12.1 Å². The van der Waals surface area contributed by atoms with Crippen molar-refractivity contribution < 1.29 is 23.7 Å². The number of methoxy groups -OCH3 is 1. The van der Waals surface area contributed by atoms with E-state index in [1.807, 2.05) is 0 Å². The van der Waals surface area contributed by atoms with Crippen molar-refractivity contribution in [3.05, 3.63) is 40.5 Å². The molecule has 2 aliphatic heterocycles. The number of allylic oxidation sites excluding steroid dienone is 3. The molecular formula is C18H16N2O5. The Bertz CT molecular complexity index is 878. The molecule has 0 unspecified atom stereocenters. The molecule has 2 N–H and O–H groups in total. The second-order valence-electron chi connectivity index (χ2n) is 6.00. The number of ether oxygens (including phenoxy) is 4. The molecule has 0 radical (unpaired) electrons. The van der Waals surface area contributed by atoms with Gasteiger partial charge in [0.25, 0.3) is 0 Å². The number of benzene rings is 1. The van der Waals surface area contributed by atoms with Gasteiger partial charge in [0.1, 0.15) is 17.4 Å². The molecule has 4 rings (SSSR count). The van der Waals surface area contributed by atoms with Gasteiger partial charge in [0.15, 0.2) is 17.3 Å². The Hall–Kier alpha value is -3.14. The Kier molecular flexibility index (Phi) is 3.53. The van der Waals surface area contributed by atoms with Gasteiger partial charge in [-0.3, -0.25) is 4.79 Å². The number of carbonyl (C=O) groups is 1. The summed E-state index contributed by atoms with van der Waals surface area (Å²) in [6.07, 6.45) is 1.77. The smallest absolute Gasteiger partial charge is 0.231 e. The summed E-state index contributed by atoms with van der Waals surface area (Å²) >= 11 is 0. The molecule has 0 spiro atoms. The van der Waals surface area contributed by atoms with Crippen molar-refractivity contribution in [3.8, 4) is 23.3 Å². The average Bonchev–Trinajstić information content (AvgIpc) is 3.08. The lowest BCUT2D eigenvalue weighted by atomic mass is 9.77. The SMILES string of the molecule is COc1cc([C@@H]2C(C#N)=C(N)OC3=C2C(=O)CCC3)cc2c1OCO2. The minimum Gasteiger partial charge on any atom is -0.493 e. The van der Waals surface area contributed by atoms with Crippen LogP contribution in [0.1, 0.15) is 30.7 Å². The van der Waals surface area contributed by atoms with Crippen LogP contribution in [0.3, 0.4) is 0 Å². The maximum Gasteiger partial charge on any atom is 0.231 e. The van der Waals surface area contributed by atoms with Gasteiger partial charge in [0, 0.05) is 18.4 Å². The minimum absolute atomic E-state index is 0.0249. The highest BCUT2D eigenvalue weighted by Gasteiger charge is 2.39. The van der Waals surface area contributed by atoms with Crippen LogP contribution in [0.25, 0.3) is 0 Å². The fourth-order valence-corrected chi connectivity index (χ4v) is 3.51. The van der Waals surface area contributed by atoms with Crippen molar-refractivity contribution >= 4 is 5.78 Å². The summed E-state index contributed by atoms with van der Waals surface area (Å²) in [5.74, 6) is 1.48. The molecule has 0 saturated carbocycles. The molecule has 1 aromatic rings. The number of hydrogen-bond acceptors (Lipinski definition) is 7. The Morgan fingerprint density at radius 1 is 1.32 bits per heavy atom. The van der Waals surface area contributed by atoms with Crippen LogP contribution >= 0.6 is 0 Å². The zero-order valence-electron chi connectivity index (χ0n) is 13.6. The van der Waals surface area contributed by atoms with Gasteiger partial charge >= 0.3 is 0 Å². The minimum atomic E-state index is -0.593. The van der Waals surface area contributed by atoms with Gasteiger partial charge in [-0.2, -0.15) is 5.26 Å². The molecular weight excluding hydrogens is 324 g/mol. The number of hydrogen-bond donors (Lipinski definition) is 1. The molecule has 0 aromatic heterocycles. The molecule has 1 atom stereocenters. The molecule has 1 aliphatic carbocycles. The topological polar surface area (TPSA) is 104 Å². The molecule has 0 saturated heterocycles. The van der Waals surface area contributed by atoms with Gasteiger partial charge in [-0.05, 0) is 24.1 Å². The highest BCUT2D eigenvalue weighted by molar-refractivity contribution is 5.99. The second kappa shape index (κ2) is 5.74. The normalized spacial score (nSPS) is 21.6. The first kappa shape index (κ1) is 15.4. The number of nitriles is 1. The maximum absolute atomic E-state index is 12.6. The predicted octanol–water partition coefficient (Wildman–Crippen LogP) is 2.24. The number of Topliss-reactive ketones (excluding diaryl/α,β-unsaturated/α-hetero) is 1. The van der Waals surface area contributed by atoms with Gasteiger partial charge < -0.3 is 24.7 Å². The molecule has 7 nitrogen and oxygen atoms in total. The molecule has 25 heavy (non-hydrogen) atoms. The fraction of sp³-hybridized carbons (Fsp3) is 0.333. The van der Waals surface area contributed by atoms with Gasteiger partial charge in [-0.25, -0.2) is 0 Å². The van der Waals surface area contributed by atoms with E-state index in [2.05, 4.69) is 6.07 Å². The van der Waals surface area contributed by atoms with Crippen LogP contribution < -0.4 is 19.9 Å². The first-order chi connectivity index (χ1) is 12.1. The van der Waals surface area contributed by atoms with Crippen LogP contribution in [0.5, 0.6) is 17.2 Å². The molecule has 0 amide bonds. The molecule has 2 heterocycles. The van der Waals surface area contributed by atoms with E-state index in [0.29, 0.717) is 53.4 Å². The third-order valence-electron chi connectivity index (χ3n) is 4.62. The zero-order chi connectivity index (χ0) is 17.6. The Morgan fingerprint density at radius 3 is 2.92 bits per heavy atom. The zero-order valence-corrected chi connectivity index (χ0v) is 13.6. The first-order valence-corrected chi connectivity index (χ1v) is 7.95. The summed E-state index contributed by atoms with van der Waals surface area (Å²) < 4.78 is 21.8. The third kappa shape index (κ3) is 2.30. The fourth-order valence-electron chi connectivity index (χ4n) is 3.51. The van der Waals surface area contributed by atoms with Crippen molar-refractivity contribution in [3.63, 3.8) is 0 Å². The maximum atomic E-state index is 12.6. The number of nitrogens with two attached hydrogens (primary N) is 1. The van der Waals surface area contributed by atoms with E-state index in [1.165, 1.54) is 7.11 Å². The number of rotatable bonds is 2. The lowest BCUT2D eigenvalue weighted by Gasteiger charge is -2.31. The summed E-state index contributed by atoms with van der Waals surface area (Å²) in [6.45, 7) is 0.0961. The van der Waals surface area contributed by atoms with E-state index in [-0.39, 0.29) is 24.0 Å². The van der Waals surface area contributed by atoms with E-state index in [9.17, 15) is 10.1 Å². The average molecular weight is 340 g/mol. The Labute approximate surface area is 144 Å². The lowest BCUT2D eigenvalue weighted by Crippen LogP contribution is -2.27. The van der Waals surface area contributed by atoms with Crippen molar-refractivity contribution in [2.24, 2.45) is 5.73 Å². The number of ketones is 1. The molecule has 7 heteroatoms. The van der Waals surface area contributed by atoms with Crippen molar-refractivity contribution in [1.82, 2.24) is 0 Å². The summed E-state index contributed by atoms with van der Waals surface area (Å²) in [6, 6.07) is 5.60. The van der Waals surface area contributed by atoms with E-state index >= 15 is 0 Å². The standard InChI is InChI=1S/C18H16N2O5/c1-22-13-5-9(6-14-17(13)24-8-23-14)15-10(7-19)18(20)25-12-4-2-3-11(21)16(12)15/h5-6,15H,2-4,8,20H2,1H3/t15-/m1/s1. The van der Waals surface area contributed by atoms with E-state index < -0.39 is 5.92 Å². The van der Waals surface area contributed by atoms with Gasteiger partial charge in [-0.15, -0.1) is 0 Å². The third-order valence-corrected chi connectivity index (χ3v) is 4.62. The largest absolute Gasteiger partial charge is 0.493 e. The summed E-state index contributed by atoms with van der Waals surface area (Å²) in [7, 11) is 1.52. The predicted molar refractivity (Wildman–Crippen MR) is 85.7 cm³/mol. The Balaban J connectivity index is 1.92. The van der Waals surface area contributed by atoms with E-state index in [0.717, 1.165) is 0 Å². The summed E-state index contributed by atoms with van der Waals surface area (Å²) in [5.41, 5.74) is 7.36. The van der Waals surface area contributed by atoms with Crippen molar-refractivity contribution in [1.29, 1.82) is 5.26 Å². The summed E-state index contributed by atoms with van der Waals surface area (Å²) in [4.78, 5) is 12.6. The highest BCUT2D eigenvalue weighted by atomic mass is 16.7. The number of carbonyl (C=O) groups excluding carboxylic acids is 1. The van der Waals surface area contributed by atoms with Crippen LogP contribution in [0.2, 0.25) is 0 Å². The van der Waals surface area contributed by atoms with Gasteiger partial charge in [0.2, 0.25) is 18.4 Å². The van der Waals surface area contributed by atoms with Gasteiger partial charge in [0.05, 0.1) is 13.0 Å². The van der Waals surface area contributed by atoms with Crippen LogP contribution in [0.15, 0.2) is 34.9 Å². The van der Waals surface area contributed by atoms with Crippen molar-refractivity contribution in [2.45, 2.75) is 25.2 Å². The summed E-state index contributed by atoms with van der Waals surface area (Å²) in [5, 5.41) is 9.60. The molecule has 128 valence electrons. The van der Waals surface area contributed by atoms with Crippen LogP contribution in [-0.4, -0.2) is 19.7 Å². The first-order valence-electron chi connectivity index (χ1n) is 7.95. The van der Waals surface area contributed by atoms with Crippen LogP contribution in [0.4, 0.5) is 0 Å². The number of nitrogens with zero attached hydrogens (tertiary/aromatic N) is 1. The van der Waals surface area contributed by atoms with Gasteiger partial charge in [-0.1, -0.05) is 0 Å². The van der Waals surface area contributed by atoms with Crippen molar-refractivity contribution in [2.75, 3.05) is 13.9 Å². The Morgan fingerprint density at radius 2 is 2.16 bits per heavy atom. The molecule has 0 fully saturated rings. The molecule has 0 bridgehead atoms. The highest BCUT2D eigenvalue weighted by Crippen LogP contribution is 2.48.